The SMILES string of the molecule is COC(=O)[C@H](/C=C/[C@H](Cc1ccccc1)C(=O)N1C(=O)OC[C@@H]1Cc1ccccc1)Cc1ccccc1. The number of benzene rings is 3. The van der Waals surface area contributed by atoms with E-state index < -0.39 is 24.0 Å². The second kappa shape index (κ2) is 12.7. The highest BCUT2D eigenvalue weighted by Gasteiger charge is 2.40. The minimum Gasteiger partial charge on any atom is -0.469 e. The molecular formula is C31H31NO5. The lowest BCUT2D eigenvalue weighted by Crippen LogP contribution is -2.43. The van der Waals surface area contributed by atoms with Gasteiger partial charge in [0.15, 0.2) is 0 Å². The molecule has 1 aliphatic rings. The van der Waals surface area contributed by atoms with Gasteiger partial charge in [0.25, 0.3) is 0 Å². The molecule has 1 heterocycles. The molecule has 0 bridgehead atoms. The second-order valence-electron chi connectivity index (χ2n) is 9.13. The first kappa shape index (κ1) is 25.9. The minimum absolute atomic E-state index is 0.153. The van der Waals surface area contributed by atoms with Crippen molar-refractivity contribution in [2.45, 2.75) is 25.3 Å². The second-order valence-corrected chi connectivity index (χ2v) is 9.13. The molecule has 1 aliphatic heterocycles. The van der Waals surface area contributed by atoms with Crippen molar-refractivity contribution in [2.75, 3.05) is 13.7 Å². The normalized spacial score (nSPS) is 16.8. The van der Waals surface area contributed by atoms with Crippen LogP contribution < -0.4 is 0 Å². The number of hydrogen-bond donors (Lipinski definition) is 0. The van der Waals surface area contributed by atoms with Crippen LogP contribution in [0.2, 0.25) is 0 Å². The van der Waals surface area contributed by atoms with E-state index in [0.717, 1.165) is 16.7 Å². The summed E-state index contributed by atoms with van der Waals surface area (Å²) in [4.78, 5) is 40.3. The van der Waals surface area contributed by atoms with E-state index in [1.54, 1.807) is 12.2 Å². The predicted molar refractivity (Wildman–Crippen MR) is 141 cm³/mol. The largest absolute Gasteiger partial charge is 0.469 e. The average Bonchev–Trinajstić information content (AvgIpc) is 3.30. The zero-order chi connectivity index (χ0) is 26.0. The van der Waals surface area contributed by atoms with Crippen molar-refractivity contribution in [3.8, 4) is 0 Å². The number of nitrogens with zero attached hydrogens (tertiary/aromatic N) is 1. The number of esters is 1. The fraction of sp³-hybridized carbons (Fsp3) is 0.258. The van der Waals surface area contributed by atoms with Crippen LogP contribution in [0.15, 0.2) is 103 Å². The monoisotopic (exact) mass is 497 g/mol. The van der Waals surface area contributed by atoms with Crippen molar-refractivity contribution in [2.24, 2.45) is 11.8 Å². The van der Waals surface area contributed by atoms with Crippen LogP contribution >= 0.6 is 0 Å². The van der Waals surface area contributed by atoms with E-state index in [4.69, 9.17) is 9.47 Å². The van der Waals surface area contributed by atoms with Gasteiger partial charge in [0, 0.05) is 0 Å². The lowest BCUT2D eigenvalue weighted by atomic mass is 9.92. The van der Waals surface area contributed by atoms with E-state index in [2.05, 4.69) is 0 Å². The van der Waals surface area contributed by atoms with E-state index in [1.165, 1.54) is 12.0 Å². The number of methoxy groups -OCH3 is 1. The van der Waals surface area contributed by atoms with Crippen LogP contribution in [0.5, 0.6) is 0 Å². The molecule has 0 N–H and O–H groups in total. The summed E-state index contributed by atoms with van der Waals surface area (Å²) in [5, 5.41) is 0. The first-order valence-electron chi connectivity index (χ1n) is 12.4. The highest BCUT2D eigenvalue weighted by molar-refractivity contribution is 5.95. The van der Waals surface area contributed by atoms with Gasteiger partial charge in [-0.1, -0.05) is 103 Å². The fourth-order valence-electron chi connectivity index (χ4n) is 4.57. The van der Waals surface area contributed by atoms with Gasteiger partial charge in [-0.3, -0.25) is 9.59 Å². The molecule has 4 rings (SSSR count). The average molecular weight is 498 g/mol. The zero-order valence-corrected chi connectivity index (χ0v) is 20.9. The smallest absolute Gasteiger partial charge is 0.417 e. The number of ether oxygens (including phenoxy) is 2. The molecule has 2 amide bonds. The third kappa shape index (κ3) is 6.94. The minimum atomic E-state index is -0.658. The third-order valence-corrected chi connectivity index (χ3v) is 6.51. The first-order valence-corrected chi connectivity index (χ1v) is 12.4. The Balaban J connectivity index is 1.60. The van der Waals surface area contributed by atoms with Gasteiger partial charge in [0.05, 0.1) is 25.0 Å². The number of amides is 2. The van der Waals surface area contributed by atoms with Crippen molar-refractivity contribution in [1.82, 2.24) is 4.90 Å². The van der Waals surface area contributed by atoms with Crippen molar-refractivity contribution in [3.63, 3.8) is 0 Å². The number of carbonyl (C=O) groups excluding carboxylic acids is 3. The molecule has 0 aliphatic carbocycles. The van der Waals surface area contributed by atoms with E-state index in [-0.39, 0.29) is 18.5 Å². The van der Waals surface area contributed by atoms with Crippen molar-refractivity contribution in [1.29, 1.82) is 0 Å². The summed E-state index contributed by atoms with van der Waals surface area (Å²) in [6, 6.07) is 28.6. The van der Waals surface area contributed by atoms with Gasteiger partial charge < -0.3 is 9.47 Å². The number of rotatable bonds is 10. The Kier molecular flexibility index (Phi) is 8.87. The summed E-state index contributed by atoms with van der Waals surface area (Å²) >= 11 is 0. The van der Waals surface area contributed by atoms with Crippen LogP contribution in [-0.4, -0.2) is 42.6 Å². The van der Waals surface area contributed by atoms with Crippen LogP contribution in [-0.2, 0) is 38.3 Å². The van der Waals surface area contributed by atoms with Crippen LogP contribution in [0.25, 0.3) is 0 Å². The molecule has 3 aromatic carbocycles. The summed E-state index contributed by atoms with van der Waals surface area (Å²) in [7, 11) is 1.36. The maximum absolute atomic E-state index is 13.8. The number of imide groups is 1. The Bertz CT molecular complexity index is 1210. The van der Waals surface area contributed by atoms with E-state index in [9.17, 15) is 14.4 Å². The Labute approximate surface area is 217 Å². The fourth-order valence-corrected chi connectivity index (χ4v) is 4.57. The van der Waals surface area contributed by atoms with Gasteiger partial charge in [-0.05, 0) is 36.0 Å². The Morgan fingerprint density at radius 1 is 0.838 bits per heavy atom. The van der Waals surface area contributed by atoms with Gasteiger partial charge in [-0.15, -0.1) is 0 Å². The predicted octanol–water partition coefficient (Wildman–Crippen LogP) is 5.02. The molecule has 6 heteroatoms. The highest BCUT2D eigenvalue weighted by Crippen LogP contribution is 2.24. The summed E-state index contributed by atoms with van der Waals surface area (Å²) in [5.74, 6) is -1.95. The molecule has 0 aromatic heterocycles. The molecule has 0 spiro atoms. The summed E-state index contributed by atoms with van der Waals surface area (Å²) in [6.07, 6.45) is 4.18. The lowest BCUT2D eigenvalue weighted by Gasteiger charge is -2.24. The number of hydrogen-bond acceptors (Lipinski definition) is 5. The van der Waals surface area contributed by atoms with Crippen molar-refractivity contribution >= 4 is 18.0 Å². The Morgan fingerprint density at radius 3 is 1.86 bits per heavy atom. The molecule has 190 valence electrons. The van der Waals surface area contributed by atoms with Crippen molar-refractivity contribution < 1.29 is 23.9 Å². The van der Waals surface area contributed by atoms with Crippen LogP contribution in [0.4, 0.5) is 4.79 Å². The maximum Gasteiger partial charge on any atom is 0.417 e. The van der Waals surface area contributed by atoms with E-state index in [1.807, 2.05) is 91.0 Å². The van der Waals surface area contributed by atoms with Gasteiger partial charge in [0.2, 0.25) is 5.91 Å². The molecule has 37 heavy (non-hydrogen) atoms. The summed E-state index contributed by atoms with van der Waals surface area (Å²) in [5.41, 5.74) is 2.96. The quantitative estimate of drug-likeness (QED) is 0.290. The molecule has 0 unspecified atom stereocenters. The van der Waals surface area contributed by atoms with Crippen molar-refractivity contribution in [3.05, 3.63) is 120 Å². The highest BCUT2D eigenvalue weighted by atomic mass is 16.6. The topological polar surface area (TPSA) is 72.9 Å². The number of cyclic esters (lactones) is 1. The molecule has 6 nitrogen and oxygen atoms in total. The molecule has 0 saturated carbocycles. The van der Waals surface area contributed by atoms with Crippen LogP contribution in [0, 0.1) is 11.8 Å². The third-order valence-electron chi connectivity index (χ3n) is 6.51. The van der Waals surface area contributed by atoms with E-state index in [0.29, 0.717) is 19.3 Å². The standard InChI is InChI=1S/C31H31NO5/c1-36-30(34)27(20-24-13-7-3-8-14-24)18-17-26(19-23-11-5-2-6-12-23)29(33)32-28(22-37-31(32)35)21-25-15-9-4-10-16-25/h2-18,26-28H,19-22H2,1H3/b18-17+/t26-,27-,28+/m1/s1. The molecular weight excluding hydrogens is 466 g/mol. The molecule has 1 fully saturated rings. The number of carbonyl (C=O) groups is 3. The molecule has 0 radical (unpaired) electrons. The van der Waals surface area contributed by atoms with Gasteiger partial charge in [0.1, 0.15) is 6.61 Å². The zero-order valence-electron chi connectivity index (χ0n) is 20.9. The molecule has 1 saturated heterocycles. The maximum atomic E-state index is 13.8. The first-order chi connectivity index (χ1) is 18.0. The van der Waals surface area contributed by atoms with Gasteiger partial charge in [-0.25, -0.2) is 9.69 Å². The summed E-state index contributed by atoms with van der Waals surface area (Å²) in [6.45, 7) is 0.153. The van der Waals surface area contributed by atoms with Gasteiger partial charge >= 0.3 is 12.1 Å². The van der Waals surface area contributed by atoms with Gasteiger partial charge in [-0.2, -0.15) is 0 Å². The lowest BCUT2D eigenvalue weighted by molar-refractivity contribution is -0.143. The summed E-state index contributed by atoms with van der Waals surface area (Å²) < 4.78 is 10.3. The van der Waals surface area contributed by atoms with Crippen LogP contribution in [0.3, 0.4) is 0 Å². The molecule has 3 atom stereocenters. The van der Waals surface area contributed by atoms with Crippen LogP contribution in [0.1, 0.15) is 16.7 Å². The van der Waals surface area contributed by atoms with E-state index >= 15 is 0 Å². The molecule has 3 aromatic rings. The Hall–Kier alpha value is -4.19. The Morgan fingerprint density at radius 2 is 1.32 bits per heavy atom.